The number of carbonyl (C=O) groups is 1. The Morgan fingerprint density at radius 2 is 1.73 bits per heavy atom. The lowest BCUT2D eigenvalue weighted by molar-refractivity contribution is 0.0989. The van der Waals surface area contributed by atoms with Crippen molar-refractivity contribution in [2.75, 3.05) is 4.90 Å². The zero-order chi connectivity index (χ0) is 20.7. The zero-order valence-electron chi connectivity index (χ0n) is 15.5. The van der Waals surface area contributed by atoms with Gasteiger partial charge in [-0.2, -0.15) is 0 Å². The molecule has 7 heteroatoms. The number of hydrogen-bond acceptors (Lipinski definition) is 4. The van der Waals surface area contributed by atoms with Gasteiger partial charge in [0.2, 0.25) is 0 Å². The molecule has 2 aromatic heterocycles. The van der Waals surface area contributed by atoms with E-state index >= 15 is 0 Å². The number of carbonyl (C=O) groups excluding carboxylic acids is 1. The highest BCUT2D eigenvalue weighted by molar-refractivity contribution is 9.10. The van der Waals surface area contributed by atoms with Crippen LogP contribution < -0.4 is 4.90 Å². The minimum atomic E-state index is -0.136. The van der Waals surface area contributed by atoms with E-state index in [1.807, 2.05) is 72.8 Å². The number of amides is 1. The van der Waals surface area contributed by atoms with Gasteiger partial charge in [0.15, 0.2) is 5.13 Å². The van der Waals surface area contributed by atoms with Crippen molar-refractivity contribution in [2.45, 2.75) is 6.54 Å². The summed E-state index contributed by atoms with van der Waals surface area (Å²) in [5.74, 6) is -0.136. The normalized spacial score (nSPS) is 11.3. The second-order valence-electron chi connectivity index (χ2n) is 6.73. The van der Waals surface area contributed by atoms with Gasteiger partial charge in [-0.05, 0) is 29.8 Å². The lowest BCUT2D eigenvalue weighted by Gasteiger charge is -2.19. The number of halogens is 2. The standard InChI is InChI=1S/C23H14BrClN2OS2/c24-15-10-11-17-19(12-15)30-23(26-17)27(13-14-6-2-1-3-7-14)22(28)21-20(25)16-8-4-5-9-18(16)29-21/h1-12H,13H2. The maximum Gasteiger partial charge on any atom is 0.272 e. The van der Waals surface area contributed by atoms with Gasteiger partial charge < -0.3 is 0 Å². The third-order valence-corrected chi connectivity index (χ3v) is 7.93. The van der Waals surface area contributed by atoms with Crippen LogP contribution in [0.2, 0.25) is 5.02 Å². The van der Waals surface area contributed by atoms with Crippen molar-refractivity contribution in [1.82, 2.24) is 4.98 Å². The van der Waals surface area contributed by atoms with Crippen molar-refractivity contribution in [3.63, 3.8) is 0 Å². The quantitative estimate of drug-likeness (QED) is 0.246. The Hall–Kier alpha value is -2.25. The van der Waals surface area contributed by atoms with Gasteiger partial charge in [0, 0.05) is 14.6 Å². The molecule has 3 aromatic carbocycles. The second-order valence-corrected chi connectivity index (χ2v) is 10.1. The van der Waals surface area contributed by atoms with Crippen molar-refractivity contribution in [2.24, 2.45) is 0 Å². The van der Waals surface area contributed by atoms with Gasteiger partial charge in [-0.3, -0.25) is 9.69 Å². The summed E-state index contributed by atoms with van der Waals surface area (Å²) in [5, 5.41) is 2.06. The molecule has 0 saturated carbocycles. The lowest BCUT2D eigenvalue weighted by Crippen LogP contribution is -2.29. The molecule has 0 aliphatic rings. The fourth-order valence-corrected chi connectivity index (χ4v) is 6.24. The van der Waals surface area contributed by atoms with E-state index in [1.165, 1.54) is 22.7 Å². The van der Waals surface area contributed by atoms with Crippen LogP contribution in [0.4, 0.5) is 5.13 Å². The Labute approximate surface area is 194 Å². The number of hydrogen-bond donors (Lipinski definition) is 0. The molecular formula is C23H14BrClN2OS2. The minimum Gasteiger partial charge on any atom is -0.279 e. The fourth-order valence-electron chi connectivity index (χ4n) is 3.27. The van der Waals surface area contributed by atoms with E-state index in [0.29, 0.717) is 21.6 Å². The number of rotatable bonds is 4. The highest BCUT2D eigenvalue weighted by atomic mass is 79.9. The lowest BCUT2D eigenvalue weighted by atomic mass is 10.2. The molecule has 148 valence electrons. The van der Waals surface area contributed by atoms with Crippen molar-refractivity contribution in [3.8, 4) is 0 Å². The molecule has 3 nitrogen and oxygen atoms in total. The summed E-state index contributed by atoms with van der Waals surface area (Å²) in [5.41, 5.74) is 1.90. The summed E-state index contributed by atoms with van der Waals surface area (Å²) in [6.07, 6.45) is 0. The summed E-state index contributed by atoms with van der Waals surface area (Å²) >= 11 is 13.1. The molecule has 0 unspecified atom stereocenters. The van der Waals surface area contributed by atoms with Crippen LogP contribution in [0, 0.1) is 0 Å². The van der Waals surface area contributed by atoms with Gasteiger partial charge in [-0.1, -0.05) is 87.4 Å². The summed E-state index contributed by atoms with van der Waals surface area (Å²) in [7, 11) is 0. The van der Waals surface area contributed by atoms with E-state index in [9.17, 15) is 4.79 Å². The molecular weight excluding hydrogens is 500 g/mol. The van der Waals surface area contributed by atoms with E-state index < -0.39 is 0 Å². The molecule has 5 rings (SSSR count). The Bertz CT molecular complexity index is 1380. The monoisotopic (exact) mass is 512 g/mol. The number of anilines is 1. The van der Waals surface area contributed by atoms with Crippen molar-refractivity contribution < 1.29 is 4.79 Å². The molecule has 0 aliphatic heterocycles. The van der Waals surface area contributed by atoms with Gasteiger partial charge >= 0.3 is 0 Å². The van der Waals surface area contributed by atoms with Crippen molar-refractivity contribution in [1.29, 1.82) is 0 Å². The van der Waals surface area contributed by atoms with E-state index in [0.717, 1.165) is 30.3 Å². The topological polar surface area (TPSA) is 33.2 Å². The van der Waals surface area contributed by atoms with Crippen LogP contribution in [0.25, 0.3) is 20.3 Å². The van der Waals surface area contributed by atoms with Gasteiger partial charge in [-0.15, -0.1) is 11.3 Å². The largest absolute Gasteiger partial charge is 0.279 e. The minimum absolute atomic E-state index is 0.136. The molecule has 0 saturated heterocycles. The van der Waals surface area contributed by atoms with Crippen LogP contribution >= 0.6 is 50.2 Å². The first-order valence-electron chi connectivity index (χ1n) is 9.19. The highest BCUT2D eigenvalue weighted by Gasteiger charge is 2.26. The molecule has 0 aliphatic carbocycles. The van der Waals surface area contributed by atoms with Gasteiger partial charge in [0.05, 0.1) is 21.8 Å². The summed E-state index contributed by atoms with van der Waals surface area (Å²) < 4.78 is 3.00. The van der Waals surface area contributed by atoms with Crippen molar-refractivity contribution in [3.05, 3.63) is 92.7 Å². The van der Waals surface area contributed by atoms with E-state index in [1.54, 1.807) is 4.90 Å². The van der Waals surface area contributed by atoms with Crippen LogP contribution in [-0.4, -0.2) is 10.9 Å². The van der Waals surface area contributed by atoms with Crippen LogP contribution in [0.1, 0.15) is 15.2 Å². The predicted molar refractivity (Wildman–Crippen MR) is 131 cm³/mol. The Morgan fingerprint density at radius 1 is 0.967 bits per heavy atom. The number of thiophene rings is 1. The number of thiazole rings is 1. The molecule has 1 amide bonds. The molecule has 2 heterocycles. The molecule has 0 bridgehead atoms. The van der Waals surface area contributed by atoms with Crippen LogP contribution in [-0.2, 0) is 6.54 Å². The van der Waals surface area contributed by atoms with Gasteiger partial charge in [-0.25, -0.2) is 4.98 Å². The predicted octanol–water partition coefficient (Wildman–Crippen LogP) is 7.77. The molecule has 0 radical (unpaired) electrons. The number of aromatic nitrogens is 1. The molecule has 0 N–H and O–H groups in total. The Balaban J connectivity index is 1.62. The number of nitrogens with zero attached hydrogens (tertiary/aromatic N) is 2. The molecule has 5 aromatic rings. The van der Waals surface area contributed by atoms with E-state index in [2.05, 4.69) is 15.9 Å². The average molecular weight is 514 g/mol. The molecule has 0 fully saturated rings. The third kappa shape index (κ3) is 3.65. The smallest absolute Gasteiger partial charge is 0.272 e. The maximum absolute atomic E-state index is 13.7. The summed E-state index contributed by atoms with van der Waals surface area (Å²) in [4.78, 5) is 20.7. The first-order chi connectivity index (χ1) is 14.6. The van der Waals surface area contributed by atoms with Crippen molar-refractivity contribution >= 4 is 81.5 Å². The molecule has 30 heavy (non-hydrogen) atoms. The third-order valence-electron chi connectivity index (χ3n) is 4.73. The Kier molecular flexibility index (Phi) is 5.33. The van der Waals surface area contributed by atoms with E-state index in [4.69, 9.17) is 16.6 Å². The first-order valence-corrected chi connectivity index (χ1v) is 12.0. The Morgan fingerprint density at radius 3 is 2.53 bits per heavy atom. The SMILES string of the molecule is O=C(c1sc2ccccc2c1Cl)N(Cc1ccccc1)c1nc2ccc(Br)cc2s1. The molecule has 0 spiro atoms. The fraction of sp³-hybridized carbons (Fsp3) is 0.0435. The summed E-state index contributed by atoms with van der Waals surface area (Å²) in [6.45, 7) is 0.422. The van der Waals surface area contributed by atoms with Crippen LogP contribution in [0.3, 0.4) is 0 Å². The summed E-state index contributed by atoms with van der Waals surface area (Å²) in [6, 6.07) is 23.7. The zero-order valence-corrected chi connectivity index (χ0v) is 19.5. The number of benzene rings is 3. The van der Waals surface area contributed by atoms with Crippen LogP contribution in [0.15, 0.2) is 77.3 Å². The highest BCUT2D eigenvalue weighted by Crippen LogP contribution is 2.38. The van der Waals surface area contributed by atoms with Crippen LogP contribution in [0.5, 0.6) is 0 Å². The van der Waals surface area contributed by atoms with E-state index in [-0.39, 0.29) is 5.91 Å². The second kappa shape index (κ2) is 8.12. The van der Waals surface area contributed by atoms with Gasteiger partial charge in [0.1, 0.15) is 4.88 Å². The maximum atomic E-state index is 13.7. The number of fused-ring (bicyclic) bond motifs is 2. The molecule has 0 atom stereocenters. The average Bonchev–Trinajstić information content (AvgIpc) is 3.33. The first kappa shape index (κ1) is 19.7. The van der Waals surface area contributed by atoms with Gasteiger partial charge in [0.25, 0.3) is 5.91 Å².